The minimum atomic E-state index is 0.165. The van der Waals surface area contributed by atoms with Crippen LogP contribution in [0.3, 0.4) is 0 Å². The highest BCUT2D eigenvalue weighted by atomic mass is 32.2. The van der Waals surface area contributed by atoms with Crippen molar-refractivity contribution >= 4 is 33.3 Å². The maximum atomic E-state index is 12.2. The number of carbonyl (C=O) groups is 1. The first-order valence-corrected chi connectivity index (χ1v) is 11.3. The second-order valence-electron chi connectivity index (χ2n) is 7.54. The minimum absolute atomic E-state index is 0.165. The van der Waals surface area contributed by atoms with Gasteiger partial charge in [0.2, 0.25) is 5.12 Å². The summed E-state index contributed by atoms with van der Waals surface area (Å²) in [5.74, 6) is 0.812. The van der Waals surface area contributed by atoms with Gasteiger partial charge in [0.15, 0.2) is 0 Å². The van der Waals surface area contributed by atoms with Crippen LogP contribution in [-0.4, -0.2) is 39.9 Å². The fourth-order valence-corrected chi connectivity index (χ4v) is 4.61. The summed E-state index contributed by atoms with van der Waals surface area (Å²) in [5, 5.41) is 6.31. The number of fused-ring (bicyclic) bond motifs is 1. The van der Waals surface area contributed by atoms with Gasteiger partial charge < -0.3 is 5.32 Å². The molecule has 0 bridgehead atoms. The van der Waals surface area contributed by atoms with Gasteiger partial charge in [0.05, 0.1) is 0 Å². The molecule has 29 heavy (non-hydrogen) atoms. The molecular weight excluding hydrogens is 378 g/mol. The number of pyridine rings is 1. The van der Waals surface area contributed by atoms with E-state index in [0.29, 0.717) is 6.04 Å². The highest BCUT2D eigenvalue weighted by Gasteiger charge is 2.20. The van der Waals surface area contributed by atoms with E-state index in [-0.39, 0.29) is 5.12 Å². The number of thioether (sulfide) groups is 1. The summed E-state index contributed by atoms with van der Waals surface area (Å²) >= 11 is 1.37. The molecule has 1 saturated heterocycles. The zero-order chi connectivity index (χ0) is 20.1. The van der Waals surface area contributed by atoms with Crippen molar-refractivity contribution in [2.75, 3.05) is 24.2 Å². The molecule has 1 aliphatic heterocycles. The molecule has 1 atom stereocenters. The Morgan fingerprint density at radius 1 is 1.24 bits per heavy atom. The summed E-state index contributed by atoms with van der Waals surface area (Å²) in [4.78, 5) is 18.9. The topological polar surface area (TPSA) is 45.2 Å². The predicted molar refractivity (Wildman–Crippen MR) is 123 cm³/mol. The zero-order valence-corrected chi connectivity index (χ0v) is 17.6. The van der Waals surface area contributed by atoms with E-state index in [0.717, 1.165) is 36.3 Å². The predicted octanol–water partition coefficient (Wildman–Crippen LogP) is 5.20. The second-order valence-corrected chi connectivity index (χ2v) is 8.78. The van der Waals surface area contributed by atoms with Crippen LogP contribution in [-0.2, 0) is 6.54 Å². The first-order chi connectivity index (χ1) is 14.2. The van der Waals surface area contributed by atoms with Crippen LogP contribution in [0.4, 0.5) is 5.69 Å². The van der Waals surface area contributed by atoms with Gasteiger partial charge in [-0.3, -0.25) is 14.7 Å². The molecule has 5 heteroatoms. The zero-order valence-electron chi connectivity index (χ0n) is 16.8. The van der Waals surface area contributed by atoms with Crippen molar-refractivity contribution < 1.29 is 4.79 Å². The molecule has 2 heterocycles. The monoisotopic (exact) mass is 405 g/mol. The molecule has 150 valence electrons. The van der Waals surface area contributed by atoms with Crippen LogP contribution in [0.15, 0.2) is 60.9 Å². The third-order valence-electron chi connectivity index (χ3n) is 5.39. The number of carbonyl (C=O) groups excluding carboxylic acids is 1. The third kappa shape index (κ3) is 4.98. The van der Waals surface area contributed by atoms with Crippen LogP contribution in [0.2, 0.25) is 0 Å². The smallest absolute Gasteiger partial charge is 0.219 e. The van der Waals surface area contributed by atoms with Crippen LogP contribution in [0.1, 0.15) is 35.7 Å². The fourth-order valence-electron chi connectivity index (χ4n) is 4.05. The van der Waals surface area contributed by atoms with Crippen LogP contribution in [0.25, 0.3) is 10.8 Å². The number of nitrogens with one attached hydrogen (secondary N) is 1. The number of piperidine rings is 1. The molecule has 1 unspecified atom stereocenters. The maximum absolute atomic E-state index is 12.2. The minimum Gasteiger partial charge on any atom is -0.381 e. The summed E-state index contributed by atoms with van der Waals surface area (Å²) in [6, 6.07) is 16.9. The van der Waals surface area contributed by atoms with Gasteiger partial charge >= 0.3 is 0 Å². The third-order valence-corrected chi connectivity index (χ3v) is 6.18. The Labute approximate surface area is 176 Å². The standard InChI is InChI=1S/C24H27N3OS/c1-2-29-24(28)19-7-3-6-18(14-19)16-27-13-5-9-21(17-27)26-23-10-4-8-20-15-25-12-11-22(20)23/h3-4,6-8,10-12,14-15,21,26H,2,5,9,13,16-17H2,1H3. The Morgan fingerprint density at radius 2 is 2.14 bits per heavy atom. The molecule has 4 rings (SSSR count). The summed E-state index contributed by atoms with van der Waals surface area (Å²) in [6.45, 7) is 5.00. The van der Waals surface area contributed by atoms with Crippen molar-refractivity contribution in [1.82, 2.24) is 9.88 Å². The van der Waals surface area contributed by atoms with E-state index in [1.807, 2.05) is 31.5 Å². The Hall–Kier alpha value is -2.37. The van der Waals surface area contributed by atoms with Crippen molar-refractivity contribution in [2.24, 2.45) is 0 Å². The van der Waals surface area contributed by atoms with Crippen LogP contribution in [0.5, 0.6) is 0 Å². The number of aromatic nitrogens is 1. The molecule has 0 amide bonds. The lowest BCUT2D eigenvalue weighted by atomic mass is 10.0. The Morgan fingerprint density at radius 3 is 3.03 bits per heavy atom. The molecule has 4 nitrogen and oxygen atoms in total. The summed E-state index contributed by atoms with van der Waals surface area (Å²) in [7, 11) is 0. The van der Waals surface area contributed by atoms with Gasteiger partial charge in [-0.1, -0.05) is 49.0 Å². The Kier molecular flexibility index (Phi) is 6.47. The SMILES string of the molecule is CCSC(=O)c1cccc(CN2CCCC(Nc3cccc4cnccc34)C2)c1. The summed E-state index contributed by atoms with van der Waals surface area (Å²) in [6.07, 6.45) is 6.11. The molecule has 0 aliphatic carbocycles. The first-order valence-electron chi connectivity index (χ1n) is 10.3. The molecule has 1 fully saturated rings. The molecule has 0 saturated carbocycles. The molecule has 0 spiro atoms. The van der Waals surface area contributed by atoms with Crippen LogP contribution >= 0.6 is 11.8 Å². The molecule has 1 N–H and O–H groups in total. The van der Waals surface area contributed by atoms with Crippen molar-refractivity contribution in [3.63, 3.8) is 0 Å². The number of nitrogens with zero attached hydrogens (tertiary/aromatic N) is 2. The van der Waals surface area contributed by atoms with Crippen LogP contribution in [0, 0.1) is 0 Å². The van der Waals surface area contributed by atoms with Crippen LogP contribution < -0.4 is 5.32 Å². The number of benzene rings is 2. The summed E-state index contributed by atoms with van der Waals surface area (Å²) in [5.41, 5.74) is 3.20. The van der Waals surface area contributed by atoms with Gasteiger partial charge in [0.1, 0.15) is 0 Å². The highest BCUT2D eigenvalue weighted by Crippen LogP contribution is 2.25. The number of likely N-dealkylation sites (tertiary alicyclic amines) is 1. The highest BCUT2D eigenvalue weighted by molar-refractivity contribution is 8.14. The first kappa shape index (κ1) is 19.9. The summed E-state index contributed by atoms with van der Waals surface area (Å²) < 4.78 is 0. The Balaban J connectivity index is 1.42. The molecule has 3 aromatic rings. The number of hydrogen-bond acceptors (Lipinski definition) is 5. The molecule has 1 aromatic heterocycles. The van der Waals surface area contributed by atoms with E-state index in [2.05, 4.69) is 51.6 Å². The van der Waals surface area contributed by atoms with E-state index in [1.54, 1.807) is 0 Å². The average Bonchev–Trinajstić information content (AvgIpc) is 2.75. The lowest BCUT2D eigenvalue weighted by Crippen LogP contribution is -2.41. The Bertz CT molecular complexity index is 985. The van der Waals surface area contributed by atoms with Gasteiger partial charge in [-0.15, -0.1) is 0 Å². The van der Waals surface area contributed by atoms with E-state index in [9.17, 15) is 4.79 Å². The van der Waals surface area contributed by atoms with Gasteiger partial charge in [-0.05, 0) is 48.9 Å². The van der Waals surface area contributed by atoms with E-state index in [1.165, 1.54) is 41.2 Å². The average molecular weight is 406 g/mol. The van der Waals surface area contributed by atoms with E-state index in [4.69, 9.17) is 0 Å². The van der Waals surface area contributed by atoms with Gasteiger partial charge in [0, 0.05) is 53.5 Å². The number of hydrogen-bond donors (Lipinski definition) is 1. The van der Waals surface area contributed by atoms with Gasteiger partial charge in [-0.25, -0.2) is 0 Å². The normalized spacial score (nSPS) is 17.3. The fraction of sp³-hybridized carbons (Fsp3) is 0.333. The maximum Gasteiger partial charge on any atom is 0.219 e. The largest absolute Gasteiger partial charge is 0.381 e. The van der Waals surface area contributed by atoms with Crippen molar-refractivity contribution in [1.29, 1.82) is 0 Å². The quantitative estimate of drug-likeness (QED) is 0.610. The molecular formula is C24H27N3OS. The lowest BCUT2D eigenvalue weighted by Gasteiger charge is -2.34. The van der Waals surface area contributed by atoms with Crippen molar-refractivity contribution in [3.8, 4) is 0 Å². The van der Waals surface area contributed by atoms with Crippen molar-refractivity contribution in [2.45, 2.75) is 32.4 Å². The van der Waals surface area contributed by atoms with E-state index < -0.39 is 0 Å². The molecule has 0 radical (unpaired) electrons. The number of rotatable bonds is 6. The number of anilines is 1. The molecule has 2 aromatic carbocycles. The van der Waals surface area contributed by atoms with Crippen molar-refractivity contribution in [3.05, 3.63) is 72.1 Å². The molecule has 1 aliphatic rings. The van der Waals surface area contributed by atoms with Gasteiger partial charge in [0.25, 0.3) is 0 Å². The van der Waals surface area contributed by atoms with Gasteiger partial charge in [-0.2, -0.15) is 0 Å². The second kappa shape index (κ2) is 9.42. The van der Waals surface area contributed by atoms with E-state index >= 15 is 0 Å². The lowest BCUT2D eigenvalue weighted by molar-refractivity contribution is 0.108.